The molecule has 3 atom stereocenters. The van der Waals surface area contributed by atoms with E-state index in [2.05, 4.69) is 0 Å². The van der Waals surface area contributed by atoms with E-state index in [1.807, 2.05) is 6.26 Å². The largest absolute Gasteiger partial charge is 1.00 e. The zero-order chi connectivity index (χ0) is 25.9. The molecule has 0 bridgehead atoms. The summed E-state index contributed by atoms with van der Waals surface area (Å²) in [6.45, 7) is 0.604. The zero-order valence-corrected chi connectivity index (χ0v) is 27.8. The molecule has 2 unspecified atom stereocenters. The molecule has 0 rings (SSSR count). The van der Waals surface area contributed by atoms with Gasteiger partial charge in [0.05, 0.1) is 6.42 Å². The number of aliphatic hydroxyl groups is 1. The second kappa shape index (κ2) is 29.7. The van der Waals surface area contributed by atoms with Crippen LogP contribution in [-0.2, 0) is 24.0 Å². The zero-order valence-electron chi connectivity index (χ0n) is 20.0. The molecule has 14 nitrogen and oxygen atoms in total. The molecule has 0 aliphatic heterocycles. The number of unbranched alkanes of at least 4 members (excludes halogenated alkanes) is 1. The Bertz CT molecular complexity index is 606. The Labute approximate surface area is 298 Å². The number of nitrogens with two attached hydrogens (primary N) is 3. The number of carboxylic acid groups (broad SMARTS) is 5. The van der Waals surface area contributed by atoms with Crippen molar-refractivity contribution in [2.75, 3.05) is 18.6 Å². The Balaban J connectivity index is -0.0000000880. The van der Waals surface area contributed by atoms with Gasteiger partial charge in [-0.1, -0.05) is 6.42 Å². The van der Waals surface area contributed by atoms with Gasteiger partial charge in [-0.15, -0.1) is 0 Å². The number of aliphatic carboxylic acids is 5. The SMILES string of the molecule is CSCCC(N)C(=O)O.NCCCC[C@H](N)C(=O)O.O=C([O-])CC(O)(CC(=O)O)C(=O)O.[Cl-].[K+].[K+]. The van der Waals surface area contributed by atoms with E-state index >= 15 is 0 Å². The van der Waals surface area contributed by atoms with Gasteiger partial charge in [0.25, 0.3) is 0 Å². The smallest absolute Gasteiger partial charge is 1.00 e. The molecule has 35 heavy (non-hydrogen) atoms. The molecule has 0 aliphatic rings. The molecule has 11 N–H and O–H groups in total. The molecule has 0 radical (unpaired) electrons. The van der Waals surface area contributed by atoms with Crippen molar-refractivity contribution >= 4 is 41.6 Å². The summed E-state index contributed by atoms with van der Waals surface area (Å²) in [5.74, 6) is -6.37. The molecule has 0 heterocycles. The minimum Gasteiger partial charge on any atom is -1.00 e. The predicted octanol–water partition coefficient (Wildman–Crippen LogP) is -11.9. The van der Waals surface area contributed by atoms with E-state index < -0.39 is 60.4 Å². The van der Waals surface area contributed by atoms with Gasteiger partial charge in [0, 0.05) is 12.4 Å². The van der Waals surface area contributed by atoms with Crippen molar-refractivity contribution in [1.82, 2.24) is 0 Å². The van der Waals surface area contributed by atoms with Crippen molar-refractivity contribution in [2.24, 2.45) is 17.2 Å². The van der Waals surface area contributed by atoms with E-state index in [1.54, 1.807) is 11.8 Å². The molecule has 0 aliphatic carbocycles. The molecule has 196 valence electrons. The third kappa shape index (κ3) is 33.1. The van der Waals surface area contributed by atoms with Gasteiger partial charge in [-0.25, -0.2) is 4.79 Å². The maximum atomic E-state index is 10.3. The summed E-state index contributed by atoms with van der Waals surface area (Å²) in [6.07, 6.45) is 2.20. The van der Waals surface area contributed by atoms with Crippen molar-refractivity contribution in [1.29, 1.82) is 0 Å². The first-order chi connectivity index (χ1) is 14.6. The third-order valence-corrected chi connectivity index (χ3v) is 4.16. The van der Waals surface area contributed by atoms with Gasteiger partial charge in [-0.3, -0.25) is 14.4 Å². The molecule has 0 amide bonds. The monoisotopic (exact) mass is 599 g/mol. The molecular weight excluding hydrogens is 568 g/mol. The molecule has 0 fully saturated rings. The van der Waals surface area contributed by atoms with Gasteiger partial charge < -0.3 is 65.0 Å². The van der Waals surface area contributed by atoms with Crippen LogP contribution in [0.25, 0.3) is 0 Å². The average molecular weight is 600 g/mol. The van der Waals surface area contributed by atoms with Crippen LogP contribution in [0.4, 0.5) is 0 Å². The summed E-state index contributed by atoms with van der Waals surface area (Å²) in [4.78, 5) is 50.5. The summed E-state index contributed by atoms with van der Waals surface area (Å²) in [5, 5.41) is 52.1. The second-order valence-corrected chi connectivity index (χ2v) is 7.40. The van der Waals surface area contributed by atoms with Crippen LogP contribution in [0.5, 0.6) is 0 Å². The van der Waals surface area contributed by atoms with E-state index in [0.29, 0.717) is 19.4 Å². The topological polar surface area (TPSA) is 288 Å². The number of hydrogen-bond donors (Lipinski definition) is 8. The van der Waals surface area contributed by atoms with Gasteiger partial charge in [0.1, 0.15) is 12.1 Å². The number of carbonyl (C=O) groups excluding carboxylic acids is 1. The first-order valence-electron chi connectivity index (χ1n) is 9.17. The van der Waals surface area contributed by atoms with E-state index in [-0.39, 0.29) is 115 Å². The number of thioether (sulfide) groups is 1. The summed E-state index contributed by atoms with van der Waals surface area (Å²) >= 11 is 1.60. The van der Waals surface area contributed by atoms with E-state index in [4.69, 9.17) is 42.7 Å². The maximum Gasteiger partial charge on any atom is 1.00 e. The van der Waals surface area contributed by atoms with Crippen molar-refractivity contribution in [3.8, 4) is 0 Å². The van der Waals surface area contributed by atoms with Crippen LogP contribution < -0.4 is 137 Å². The number of hydrogen-bond acceptors (Lipinski definition) is 11. The normalized spacial score (nSPS) is 12.5. The van der Waals surface area contributed by atoms with Crippen molar-refractivity contribution in [3.05, 3.63) is 0 Å². The van der Waals surface area contributed by atoms with E-state index in [0.717, 1.165) is 18.6 Å². The van der Waals surface area contributed by atoms with Gasteiger partial charge in [-0.2, -0.15) is 11.8 Å². The van der Waals surface area contributed by atoms with Gasteiger partial charge >= 0.3 is 127 Å². The standard InChI is InChI=1S/C6H14N2O2.C6H8O7.C5H11NO2S.ClH.2K/c7-4-2-1-3-5(8)6(9)10;7-3(8)1-6(13,5(11)12)2-4(9)10;1-9-3-2-4(6)5(7)8;;;/h5H,1-4,7-8H2,(H,9,10);13H,1-2H2,(H,7,8)(H,9,10)(H,11,12);4H,2-3,6H2,1H3,(H,7,8);1H;;/q;;;;2*+1/p-2/t5-;;;;;/m0...../s1. The quantitative estimate of drug-likeness (QED) is 0.0679. The Morgan fingerprint density at radius 3 is 1.60 bits per heavy atom. The van der Waals surface area contributed by atoms with Crippen LogP contribution in [-0.4, -0.2) is 91.6 Å². The van der Waals surface area contributed by atoms with Crippen LogP contribution in [0.15, 0.2) is 0 Å². The summed E-state index contributed by atoms with van der Waals surface area (Å²) in [6, 6.07) is -1.40. The molecular formula is C17H32ClK2N3O11S. The fraction of sp³-hybridized carbons (Fsp3) is 0.706. The minimum atomic E-state index is -2.80. The van der Waals surface area contributed by atoms with Crippen LogP contribution >= 0.6 is 11.8 Å². The van der Waals surface area contributed by atoms with Crippen molar-refractivity contribution in [2.45, 2.75) is 56.2 Å². The van der Waals surface area contributed by atoms with Crippen LogP contribution in [0.1, 0.15) is 38.5 Å². The molecule has 18 heteroatoms. The number of carbonyl (C=O) groups is 5. The van der Waals surface area contributed by atoms with Gasteiger partial charge in [-0.05, 0) is 37.8 Å². The van der Waals surface area contributed by atoms with Crippen LogP contribution in [0.2, 0.25) is 0 Å². The van der Waals surface area contributed by atoms with Crippen molar-refractivity contribution < 1.29 is 170 Å². The average Bonchev–Trinajstić information content (AvgIpc) is 2.65. The van der Waals surface area contributed by atoms with Gasteiger partial charge in [0.15, 0.2) is 5.60 Å². The summed E-state index contributed by atoms with van der Waals surface area (Å²) < 4.78 is 0. The first kappa shape index (κ1) is 49.1. The Morgan fingerprint density at radius 2 is 1.31 bits per heavy atom. The van der Waals surface area contributed by atoms with Crippen LogP contribution in [0, 0.1) is 0 Å². The summed E-state index contributed by atoms with van der Waals surface area (Å²) in [7, 11) is 0. The molecule has 0 aromatic rings. The number of rotatable bonds is 14. The first-order valence-corrected chi connectivity index (χ1v) is 10.6. The van der Waals surface area contributed by atoms with Gasteiger partial charge in [0.2, 0.25) is 0 Å². The molecule has 0 aromatic carbocycles. The van der Waals surface area contributed by atoms with Crippen LogP contribution in [0.3, 0.4) is 0 Å². The molecule has 0 spiro atoms. The molecule has 0 aromatic heterocycles. The predicted molar refractivity (Wildman–Crippen MR) is 112 cm³/mol. The maximum absolute atomic E-state index is 10.3. The third-order valence-electron chi connectivity index (χ3n) is 3.52. The Kier molecular flexibility index (Phi) is 41.6. The fourth-order valence-electron chi connectivity index (χ4n) is 1.70. The Hall–Kier alpha value is 1.10. The van der Waals surface area contributed by atoms with Crippen molar-refractivity contribution in [3.63, 3.8) is 0 Å². The van der Waals surface area contributed by atoms with E-state index in [1.165, 1.54) is 0 Å². The minimum absolute atomic E-state index is 0. The Morgan fingerprint density at radius 1 is 0.886 bits per heavy atom. The van der Waals surface area contributed by atoms with E-state index in [9.17, 15) is 29.1 Å². The number of carboxylic acids is 5. The second-order valence-electron chi connectivity index (χ2n) is 6.41. The number of halogens is 1. The molecule has 0 saturated carbocycles. The summed E-state index contributed by atoms with van der Waals surface area (Å²) in [5.41, 5.74) is 12.8. The molecule has 0 saturated heterocycles. The fourth-order valence-corrected chi connectivity index (χ4v) is 2.19.